The van der Waals surface area contributed by atoms with Crippen molar-refractivity contribution >= 4 is 16.8 Å². The van der Waals surface area contributed by atoms with Crippen LogP contribution in [0.5, 0.6) is 0 Å². The molecule has 0 spiro atoms. The number of fused-ring (bicyclic) bond motifs is 3. The van der Waals surface area contributed by atoms with Crippen molar-refractivity contribution in [2.45, 2.75) is 25.3 Å². The SMILES string of the molecule is CN(C)C1CCc2[nH]c3ccc(C(=O)NO)cc3c2C1. The van der Waals surface area contributed by atoms with Gasteiger partial charge >= 0.3 is 0 Å². The summed E-state index contributed by atoms with van der Waals surface area (Å²) in [6, 6.07) is 6.02. The van der Waals surface area contributed by atoms with E-state index < -0.39 is 5.91 Å². The van der Waals surface area contributed by atoms with Gasteiger partial charge in [0.1, 0.15) is 0 Å². The summed E-state index contributed by atoms with van der Waals surface area (Å²) < 4.78 is 0. The Kier molecular flexibility index (Phi) is 3.23. The van der Waals surface area contributed by atoms with E-state index in [1.54, 1.807) is 11.5 Å². The Morgan fingerprint density at radius 3 is 2.95 bits per heavy atom. The predicted octanol–water partition coefficient (Wildman–Crippen LogP) is 1.71. The van der Waals surface area contributed by atoms with Gasteiger partial charge in [-0.3, -0.25) is 10.0 Å². The monoisotopic (exact) mass is 273 g/mol. The number of carbonyl (C=O) groups excluding carboxylic acids is 1. The highest BCUT2D eigenvalue weighted by Gasteiger charge is 2.24. The van der Waals surface area contributed by atoms with Gasteiger partial charge in [0.25, 0.3) is 5.91 Å². The maximum absolute atomic E-state index is 11.5. The van der Waals surface area contributed by atoms with Crippen LogP contribution in [0.4, 0.5) is 0 Å². The van der Waals surface area contributed by atoms with Crippen LogP contribution >= 0.6 is 0 Å². The number of rotatable bonds is 2. The Hall–Kier alpha value is -1.85. The van der Waals surface area contributed by atoms with Gasteiger partial charge in [-0.1, -0.05) is 0 Å². The van der Waals surface area contributed by atoms with E-state index in [0.717, 1.165) is 30.2 Å². The number of hydrogen-bond donors (Lipinski definition) is 3. The fraction of sp³-hybridized carbons (Fsp3) is 0.400. The number of carbonyl (C=O) groups is 1. The Bertz CT molecular complexity index is 660. The number of aromatic nitrogens is 1. The van der Waals surface area contributed by atoms with Crippen LogP contribution in [-0.4, -0.2) is 41.1 Å². The maximum atomic E-state index is 11.5. The molecule has 1 unspecified atom stereocenters. The number of nitrogens with one attached hydrogen (secondary N) is 2. The lowest BCUT2D eigenvalue weighted by molar-refractivity contribution is 0.0706. The molecule has 20 heavy (non-hydrogen) atoms. The van der Waals surface area contributed by atoms with Crippen LogP contribution in [-0.2, 0) is 12.8 Å². The largest absolute Gasteiger partial charge is 0.358 e. The number of H-pyrrole nitrogens is 1. The lowest BCUT2D eigenvalue weighted by Gasteiger charge is -2.28. The molecule has 5 heteroatoms. The number of aromatic amines is 1. The van der Waals surface area contributed by atoms with Crippen LogP contribution in [0.25, 0.3) is 10.9 Å². The van der Waals surface area contributed by atoms with Crippen molar-refractivity contribution in [3.63, 3.8) is 0 Å². The van der Waals surface area contributed by atoms with Gasteiger partial charge in [0.05, 0.1) is 0 Å². The Labute approximate surface area is 117 Å². The van der Waals surface area contributed by atoms with E-state index in [1.165, 1.54) is 11.3 Å². The minimum absolute atomic E-state index is 0.471. The molecule has 3 N–H and O–H groups in total. The molecule has 1 aromatic carbocycles. The Balaban J connectivity index is 2.07. The summed E-state index contributed by atoms with van der Waals surface area (Å²) in [6.07, 6.45) is 3.18. The van der Waals surface area contributed by atoms with Gasteiger partial charge in [-0.05, 0) is 57.1 Å². The number of likely N-dealkylation sites (N-methyl/N-ethyl adjacent to an activating group) is 1. The molecule has 0 radical (unpaired) electrons. The van der Waals surface area contributed by atoms with Crippen LogP contribution in [0, 0.1) is 0 Å². The van der Waals surface area contributed by atoms with Gasteiger partial charge in [0, 0.05) is 28.2 Å². The van der Waals surface area contributed by atoms with Crippen molar-refractivity contribution < 1.29 is 10.0 Å². The lowest BCUT2D eigenvalue weighted by atomic mass is 9.90. The van der Waals surface area contributed by atoms with Gasteiger partial charge in [-0.2, -0.15) is 0 Å². The fourth-order valence-corrected chi connectivity index (χ4v) is 3.05. The second-order valence-corrected chi connectivity index (χ2v) is 5.64. The minimum atomic E-state index is -0.471. The zero-order chi connectivity index (χ0) is 14.3. The standard InChI is InChI=1S/C15H19N3O2/c1-18(2)10-4-6-14-12(8-10)11-7-9(15(19)17-20)3-5-13(11)16-14/h3,5,7,10,16,20H,4,6,8H2,1-2H3,(H,17,19). The van der Waals surface area contributed by atoms with E-state index in [4.69, 9.17) is 5.21 Å². The fourth-order valence-electron chi connectivity index (χ4n) is 3.05. The second kappa shape index (κ2) is 4.92. The molecule has 0 saturated heterocycles. The quantitative estimate of drug-likeness (QED) is 0.576. The average Bonchev–Trinajstić information content (AvgIpc) is 2.83. The van der Waals surface area contributed by atoms with Crippen molar-refractivity contribution in [1.29, 1.82) is 0 Å². The molecule has 1 aliphatic carbocycles. The van der Waals surface area contributed by atoms with Crippen molar-refractivity contribution in [3.8, 4) is 0 Å². The van der Waals surface area contributed by atoms with E-state index >= 15 is 0 Å². The number of hydroxylamine groups is 1. The number of hydrogen-bond acceptors (Lipinski definition) is 3. The minimum Gasteiger partial charge on any atom is -0.358 e. The van der Waals surface area contributed by atoms with Crippen LogP contribution in [0.3, 0.4) is 0 Å². The van der Waals surface area contributed by atoms with Crippen molar-refractivity contribution in [3.05, 3.63) is 35.0 Å². The molecule has 0 bridgehead atoms. The molecule has 1 aliphatic rings. The van der Waals surface area contributed by atoms with Crippen LogP contribution < -0.4 is 5.48 Å². The summed E-state index contributed by atoms with van der Waals surface area (Å²) in [5, 5.41) is 9.84. The number of amides is 1. The van der Waals surface area contributed by atoms with E-state index in [-0.39, 0.29) is 0 Å². The van der Waals surface area contributed by atoms with Crippen LogP contribution in [0.15, 0.2) is 18.2 Å². The van der Waals surface area contributed by atoms with Gasteiger partial charge in [-0.15, -0.1) is 0 Å². The summed E-state index contributed by atoms with van der Waals surface area (Å²) in [7, 11) is 4.21. The molecule has 0 fully saturated rings. The van der Waals surface area contributed by atoms with Gasteiger partial charge in [0.15, 0.2) is 0 Å². The Morgan fingerprint density at radius 1 is 1.45 bits per heavy atom. The summed E-state index contributed by atoms with van der Waals surface area (Å²) in [6.45, 7) is 0. The normalized spacial score (nSPS) is 18.3. The molecule has 5 nitrogen and oxygen atoms in total. The molecule has 106 valence electrons. The third kappa shape index (κ3) is 2.09. The molecular weight excluding hydrogens is 254 g/mol. The molecule has 0 saturated carbocycles. The Morgan fingerprint density at radius 2 is 2.25 bits per heavy atom. The molecule has 1 heterocycles. The van der Waals surface area contributed by atoms with E-state index in [9.17, 15) is 4.79 Å². The topological polar surface area (TPSA) is 68.4 Å². The zero-order valence-corrected chi connectivity index (χ0v) is 11.7. The molecule has 0 aliphatic heterocycles. The molecule has 1 atom stereocenters. The van der Waals surface area contributed by atoms with E-state index in [2.05, 4.69) is 24.0 Å². The maximum Gasteiger partial charge on any atom is 0.274 e. The van der Waals surface area contributed by atoms with Crippen molar-refractivity contribution in [1.82, 2.24) is 15.4 Å². The van der Waals surface area contributed by atoms with E-state index in [1.807, 2.05) is 12.1 Å². The van der Waals surface area contributed by atoms with Crippen molar-refractivity contribution in [2.24, 2.45) is 0 Å². The van der Waals surface area contributed by atoms with Crippen LogP contribution in [0.2, 0.25) is 0 Å². The summed E-state index contributed by atoms with van der Waals surface area (Å²) >= 11 is 0. The number of aryl methyl sites for hydroxylation is 1. The van der Waals surface area contributed by atoms with Gasteiger partial charge in [0.2, 0.25) is 0 Å². The first-order chi connectivity index (χ1) is 9.60. The highest BCUT2D eigenvalue weighted by Crippen LogP contribution is 2.31. The molecule has 2 aromatic rings. The predicted molar refractivity (Wildman–Crippen MR) is 77.1 cm³/mol. The summed E-state index contributed by atoms with van der Waals surface area (Å²) in [5.41, 5.74) is 5.81. The third-order valence-electron chi connectivity index (χ3n) is 4.26. The molecule has 3 rings (SSSR count). The third-order valence-corrected chi connectivity index (χ3v) is 4.26. The number of nitrogens with zero attached hydrogens (tertiary/aromatic N) is 1. The van der Waals surface area contributed by atoms with E-state index in [0.29, 0.717) is 11.6 Å². The van der Waals surface area contributed by atoms with Gasteiger partial charge in [-0.25, -0.2) is 5.48 Å². The first-order valence-electron chi connectivity index (χ1n) is 6.84. The molecule has 1 amide bonds. The van der Waals surface area contributed by atoms with Crippen LogP contribution in [0.1, 0.15) is 28.0 Å². The molecular formula is C15H19N3O2. The van der Waals surface area contributed by atoms with Crippen molar-refractivity contribution in [2.75, 3.05) is 14.1 Å². The average molecular weight is 273 g/mol. The summed E-state index contributed by atoms with van der Waals surface area (Å²) in [5.74, 6) is -0.471. The highest BCUT2D eigenvalue weighted by atomic mass is 16.5. The highest BCUT2D eigenvalue weighted by molar-refractivity contribution is 5.98. The second-order valence-electron chi connectivity index (χ2n) is 5.64. The first kappa shape index (κ1) is 13.1. The lowest BCUT2D eigenvalue weighted by Crippen LogP contribution is -2.33. The first-order valence-corrected chi connectivity index (χ1v) is 6.84. The number of benzene rings is 1. The van der Waals surface area contributed by atoms with Gasteiger partial charge < -0.3 is 9.88 Å². The zero-order valence-electron chi connectivity index (χ0n) is 11.7. The molecule has 1 aromatic heterocycles. The summed E-state index contributed by atoms with van der Waals surface area (Å²) in [4.78, 5) is 17.2. The smallest absolute Gasteiger partial charge is 0.274 e.